The smallest absolute Gasteiger partial charge is 0.261 e. The Kier molecular flexibility index (Phi) is 6.72. The van der Waals surface area contributed by atoms with Gasteiger partial charge in [-0.25, -0.2) is 8.42 Å². The van der Waals surface area contributed by atoms with Gasteiger partial charge in [-0.05, 0) is 35.9 Å². The molecule has 32 heavy (non-hydrogen) atoms. The van der Waals surface area contributed by atoms with Crippen molar-refractivity contribution >= 4 is 27.3 Å². The van der Waals surface area contributed by atoms with Crippen molar-refractivity contribution in [2.24, 2.45) is 0 Å². The third kappa shape index (κ3) is 5.27. The number of benzene rings is 3. The summed E-state index contributed by atoms with van der Waals surface area (Å²) < 4.78 is 28.1. The minimum absolute atomic E-state index is 0.168. The quantitative estimate of drug-likeness (QED) is 0.515. The Morgan fingerprint density at radius 1 is 0.906 bits per heavy atom. The molecule has 166 valence electrons. The van der Waals surface area contributed by atoms with Crippen LogP contribution in [0.3, 0.4) is 0 Å². The van der Waals surface area contributed by atoms with Crippen LogP contribution in [0.5, 0.6) is 0 Å². The minimum atomic E-state index is -3.75. The van der Waals surface area contributed by atoms with Gasteiger partial charge in [-0.1, -0.05) is 48.5 Å². The number of rotatable bonds is 7. The highest BCUT2D eigenvalue weighted by Gasteiger charge is 2.21. The van der Waals surface area contributed by atoms with Gasteiger partial charge < -0.3 is 15.5 Å². The zero-order valence-corrected chi connectivity index (χ0v) is 18.4. The van der Waals surface area contributed by atoms with Crippen molar-refractivity contribution in [3.8, 4) is 0 Å². The average molecular weight is 451 g/mol. The summed E-state index contributed by atoms with van der Waals surface area (Å²) in [4.78, 5) is 15.4. The van der Waals surface area contributed by atoms with Gasteiger partial charge in [0.05, 0.1) is 10.5 Å². The molecule has 7 nitrogen and oxygen atoms in total. The maximum absolute atomic E-state index is 13.1. The molecule has 1 amide bonds. The zero-order chi connectivity index (χ0) is 22.4. The summed E-state index contributed by atoms with van der Waals surface area (Å²) >= 11 is 0. The molecule has 3 N–H and O–H groups in total. The molecular weight excluding hydrogens is 424 g/mol. The molecule has 4 rings (SSSR count). The summed E-state index contributed by atoms with van der Waals surface area (Å²) in [5.74, 6) is -0.247. The molecule has 3 aromatic carbocycles. The SMILES string of the molecule is O=C(NCc1ccccc1)c1cc(NS(=O)(=O)c2ccccc2)ccc1N1CCNCC1. The summed E-state index contributed by atoms with van der Waals surface area (Å²) in [6.07, 6.45) is 0. The number of piperazine rings is 1. The van der Waals surface area contributed by atoms with Gasteiger partial charge in [-0.15, -0.1) is 0 Å². The first-order chi connectivity index (χ1) is 15.5. The molecular formula is C24H26N4O3S. The van der Waals surface area contributed by atoms with Crippen molar-refractivity contribution in [3.63, 3.8) is 0 Å². The summed E-state index contributed by atoms with van der Waals surface area (Å²) in [6, 6.07) is 23.0. The topological polar surface area (TPSA) is 90.5 Å². The molecule has 8 heteroatoms. The van der Waals surface area contributed by atoms with Gasteiger partial charge in [0, 0.05) is 44.1 Å². The van der Waals surface area contributed by atoms with Gasteiger partial charge >= 0.3 is 0 Å². The Morgan fingerprint density at radius 2 is 1.56 bits per heavy atom. The second kappa shape index (κ2) is 9.84. The van der Waals surface area contributed by atoms with Crippen LogP contribution in [0.2, 0.25) is 0 Å². The fourth-order valence-electron chi connectivity index (χ4n) is 3.65. The lowest BCUT2D eigenvalue weighted by Gasteiger charge is -2.31. The first kappa shape index (κ1) is 21.9. The molecule has 3 aromatic rings. The van der Waals surface area contributed by atoms with E-state index in [2.05, 4.69) is 20.3 Å². The number of hydrogen-bond donors (Lipinski definition) is 3. The number of carbonyl (C=O) groups is 1. The average Bonchev–Trinajstić information content (AvgIpc) is 2.84. The van der Waals surface area contributed by atoms with Crippen LogP contribution < -0.4 is 20.3 Å². The van der Waals surface area contributed by atoms with Gasteiger partial charge in [0.25, 0.3) is 15.9 Å². The molecule has 1 aliphatic rings. The number of anilines is 2. The maximum Gasteiger partial charge on any atom is 0.261 e. The number of amides is 1. The van der Waals surface area contributed by atoms with Crippen LogP contribution in [0.1, 0.15) is 15.9 Å². The second-order valence-electron chi connectivity index (χ2n) is 7.56. The third-order valence-electron chi connectivity index (χ3n) is 5.30. The van der Waals surface area contributed by atoms with Crippen molar-refractivity contribution in [2.45, 2.75) is 11.4 Å². The van der Waals surface area contributed by atoms with Crippen LogP contribution in [-0.2, 0) is 16.6 Å². The van der Waals surface area contributed by atoms with E-state index in [1.165, 1.54) is 12.1 Å². The summed E-state index contributed by atoms with van der Waals surface area (Å²) in [5.41, 5.74) is 2.57. The van der Waals surface area contributed by atoms with Gasteiger partial charge in [0.2, 0.25) is 0 Å². The van der Waals surface area contributed by atoms with Gasteiger partial charge in [0.1, 0.15) is 0 Å². The summed E-state index contributed by atoms with van der Waals surface area (Å²) in [7, 11) is -3.75. The molecule has 0 unspecified atom stereocenters. The second-order valence-corrected chi connectivity index (χ2v) is 9.24. The molecule has 0 saturated carbocycles. The molecule has 1 saturated heterocycles. The molecule has 0 spiro atoms. The highest BCUT2D eigenvalue weighted by Crippen LogP contribution is 2.26. The molecule has 1 heterocycles. The van der Waals surface area contributed by atoms with E-state index in [-0.39, 0.29) is 10.8 Å². The maximum atomic E-state index is 13.1. The van der Waals surface area contributed by atoms with Gasteiger partial charge in [0.15, 0.2) is 0 Å². The fraction of sp³-hybridized carbons (Fsp3) is 0.208. The molecule has 0 bridgehead atoms. The van der Waals surface area contributed by atoms with E-state index >= 15 is 0 Å². The fourth-order valence-corrected chi connectivity index (χ4v) is 4.72. The van der Waals surface area contributed by atoms with Gasteiger partial charge in [-0.3, -0.25) is 9.52 Å². The van der Waals surface area contributed by atoms with Crippen molar-refractivity contribution in [2.75, 3.05) is 35.8 Å². The number of hydrogen-bond acceptors (Lipinski definition) is 5. The first-order valence-corrected chi connectivity index (χ1v) is 12.0. The molecule has 0 aliphatic carbocycles. The summed E-state index contributed by atoms with van der Waals surface area (Å²) in [6.45, 7) is 3.59. The zero-order valence-electron chi connectivity index (χ0n) is 17.6. The lowest BCUT2D eigenvalue weighted by atomic mass is 10.1. The number of sulfonamides is 1. The predicted molar refractivity (Wildman–Crippen MR) is 126 cm³/mol. The first-order valence-electron chi connectivity index (χ1n) is 10.5. The normalized spacial score (nSPS) is 14.1. The molecule has 0 aromatic heterocycles. The Balaban J connectivity index is 1.61. The van der Waals surface area contributed by atoms with Crippen molar-refractivity contribution in [1.82, 2.24) is 10.6 Å². The third-order valence-corrected chi connectivity index (χ3v) is 6.70. The monoisotopic (exact) mass is 450 g/mol. The van der Waals surface area contributed by atoms with Gasteiger partial charge in [-0.2, -0.15) is 0 Å². The Hall–Kier alpha value is -3.36. The highest BCUT2D eigenvalue weighted by atomic mass is 32.2. The molecule has 0 atom stereocenters. The largest absolute Gasteiger partial charge is 0.368 e. The highest BCUT2D eigenvalue weighted by molar-refractivity contribution is 7.92. The number of nitrogens with zero attached hydrogens (tertiary/aromatic N) is 1. The van der Waals surface area contributed by atoms with Crippen LogP contribution in [0.25, 0.3) is 0 Å². The standard InChI is InChI=1S/C24H26N4O3S/c29-24(26-18-19-7-3-1-4-8-19)22-17-20(11-12-23(22)28-15-13-25-14-16-28)27-32(30,31)21-9-5-2-6-10-21/h1-12,17,25,27H,13-16,18H2,(H,26,29). The van der Waals surface area contributed by atoms with E-state index < -0.39 is 10.0 Å². The number of nitrogens with one attached hydrogen (secondary N) is 3. The minimum Gasteiger partial charge on any atom is -0.368 e. The van der Waals surface area contributed by atoms with Crippen LogP contribution in [0.15, 0.2) is 83.8 Å². The number of carbonyl (C=O) groups excluding carboxylic acids is 1. The molecule has 1 fully saturated rings. The van der Waals surface area contributed by atoms with E-state index in [9.17, 15) is 13.2 Å². The summed E-state index contributed by atoms with van der Waals surface area (Å²) in [5, 5.41) is 6.26. The van der Waals surface area contributed by atoms with Crippen molar-refractivity contribution < 1.29 is 13.2 Å². The van der Waals surface area contributed by atoms with E-state index in [4.69, 9.17) is 0 Å². The Morgan fingerprint density at radius 3 is 2.25 bits per heavy atom. The van der Waals surface area contributed by atoms with E-state index in [0.29, 0.717) is 17.8 Å². The van der Waals surface area contributed by atoms with E-state index in [0.717, 1.165) is 37.4 Å². The van der Waals surface area contributed by atoms with E-state index in [1.807, 2.05) is 36.4 Å². The van der Waals surface area contributed by atoms with E-state index in [1.54, 1.807) is 30.3 Å². The van der Waals surface area contributed by atoms with Crippen LogP contribution in [0.4, 0.5) is 11.4 Å². The van der Waals surface area contributed by atoms with Crippen molar-refractivity contribution in [3.05, 3.63) is 90.0 Å². The molecule has 1 aliphatic heterocycles. The lowest BCUT2D eigenvalue weighted by molar-refractivity contribution is 0.0951. The lowest BCUT2D eigenvalue weighted by Crippen LogP contribution is -2.44. The van der Waals surface area contributed by atoms with Crippen LogP contribution in [0, 0.1) is 0 Å². The Bertz CT molecular complexity index is 1160. The predicted octanol–water partition coefficient (Wildman–Crippen LogP) is 2.83. The van der Waals surface area contributed by atoms with Crippen LogP contribution in [-0.4, -0.2) is 40.5 Å². The Labute approximate surface area is 188 Å². The van der Waals surface area contributed by atoms with Crippen LogP contribution >= 0.6 is 0 Å². The van der Waals surface area contributed by atoms with Crippen molar-refractivity contribution in [1.29, 1.82) is 0 Å². The molecule has 0 radical (unpaired) electrons.